The van der Waals surface area contributed by atoms with Gasteiger partial charge >= 0.3 is 11.7 Å². The Kier molecular flexibility index (Phi) is 7.24. The molecule has 1 aliphatic rings. The summed E-state index contributed by atoms with van der Waals surface area (Å²) in [4.78, 5) is 26.8. The van der Waals surface area contributed by atoms with Crippen LogP contribution >= 0.6 is 0 Å². The zero-order valence-electron chi connectivity index (χ0n) is 18.9. The SMILES string of the molecule is C/C(=N\NC(N)=O)[C@@H](CN1CCOCC1)[C@@H](c1ccccc1)c1c(O)c2ccccc2oc1=O. The highest BCUT2D eigenvalue weighted by Crippen LogP contribution is 2.39. The summed E-state index contributed by atoms with van der Waals surface area (Å²) in [6, 6.07) is 15.5. The van der Waals surface area contributed by atoms with Crippen molar-refractivity contribution in [3.63, 3.8) is 0 Å². The molecule has 1 saturated heterocycles. The minimum Gasteiger partial charge on any atom is -0.507 e. The maximum atomic E-state index is 13.3. The van der Waals surface area contributed by atoms with Crippen LogP contribution in [0.2, 0.25) is 0 Å². The number of nitrogens with one attached hydrogen (secondary N) is 1. The first-order chi connectivity index (χ1) is 16.5. The Hall–Kier alpha value is -3.69. The normalized spacial score (nSPS) is 16.8. The number of morpholine rings is 1. The summed E-state index contributed by atoms with van der Waals surface area (Å²) in [7, 11) is 0. The number of aromatic hydroxyl groups is 1. The van der Waals surface area contributed by atoms with Gasteiger partial charge in [-0.25, -0.2) is 15.0 Å². The van der Waals surface area contributed by atoms with Crippen LogP contribution in [-0.4, -0.2) is 54.6 Å². The molecule has 178 valence electrons. The van der Waals surface area contributed by atoms with Gasteiger partial charge in [0.25, 0.3) is 0 Å². The Labute approximate surface area is 196 Å². The fraction of sp³-hybridized carbons (Fsp3) is 0.320. The summed E-state index contributed by atoms with van der Waals surface area (Å²) in [5, 5.41) is 15.9. The molecule has 4 N–H and O–H groups in total. The second kappa shape index (κ2) is 10.5. The molecule has 4 rings (SSSR count). The second-order valence-corrected chi connectivity index (χ2v) is 8.29. The summed E-state index contributed by atoms with van der Waals surface area (Å²) < 4.78 is 11.1. The van der Waals surface area contributed by atoms with E-state index in [-0.39, 0.29) is 17.2 Å². The number of rotatable bonds is 7. The number of benzene rings is 2. The van der Waals surface area contributed by atoms with Gasteiger partial charge in [0.2, 0.25) is 0 Å². The maximum Gasteiger partial charge on any atom is 0.343 e. The van der Waals surface area contributed by atoms with Gasteiger partial charge in [-0.05, 0) is 24.6 Å². The minimum atomic E-state index is -0.784. The van der Waals surface area contributed by atoms with Crippen molar-refractivity contribution in [1.82, 2.24) is 10.3 Å². The molecule has 0 radical (unpaired) electrons. The Morgan fingerprint density at radius 1 is 1.15 bits per heavy atom. The van der Waals surface area contributed by atoms with Gasteiger partial charge in [0.1, 0.15) is 11.3 Å². The van der Waals surface area contributed by atoms with Crippen molar-refractivity contribution in [2.75, 3.05) is 32.8 Å². The number of nitrogens with zero attached hydrogens (tertiary/aromatic N) is 2. The summed E-state index contributed by atoms with van der Waals surface area (Å²) >= 11 is 0. The average Bonchev–Trinajstić information content (AvgIpc) is 2.85. The van der Waals surface area contributed by atoms with Gasteiger partial charge < -0.3 is 20.0 Å². The zero-order chi connectivity index (χ0) is 24.1. The van der Waals surface area contributed by atoms with E-state index >= 15 is 0 Å². The molecule has 0 bridgehead atoms. The van der Waals surface area contributed by atoms with Crippen molar-refractivity contribution >= 4 is 22.7 Å². The number of hydrogen-bond acceptors (Lipinski definition) is 7. The van der Waals surface area contributed by atoms with Gasteiger partial charge in [-0.2, -0.15) is 5.10 Å². The summed E-state index contributed by atoms with van der Waals surface area (Å²) in [5.74, 6) is -1.10. The average molecular weight is 465 g/mol. The molecule has 9 nitrogen and oxygen atoms in total. The quantitative estimate of drug-likeness (QED) is 0.280. The van der Waals surface area contributed by atoms with E-state index in [0.717, 1.165) is 5.56 Å². The van der Waals surface area contributed by atoms with E-state index in [1.54, 1.807) is 31.2 Å². The molecule has 3 aromatic rings. The van der Waals surface area contributed by atoms with E-state index in [2.05, 4.69) is 15.4 Å². The third-order valence-electron chi connectivity index (χ3n) is 6.13. The first-order valence-corrected chi connectivity index (χ1v) is 11.1. The van der Waals surface area contributed by atoms with Crippen LogP contribution in [0.5, 0.6) is 5.75 Å². The molecule has 2 aromatic carbocycles. The van der Waals surface area contributed by atoms with E-state index in [1.807, 2.05) is 30.3 Å². The molecule has 1 aliphatic heterocycles. The Morgan fingerprint density at radius 3 is 2.53 bits per heavy atom. The molecule has 0 aliphatic carbocycles. The lowest BCUT2D eigenvalue weighted by Gasteiger charge is -2.34. The molecular formula is C25H28N4O5. The highest BCUT2D eigenvalue weighted by Gasteiger charge is 2.35. The predicted octanol–water partition coefficient (Wildman–Crippen LogP) is 2.62. The van der Waals surface area contributed by atoms with Crippen molar-refractivity contribution in [2.24, 2.45) is 16.8 Å². The Bertz CT molecular complexity index is 1240. The van der Waals surface area contributed by atoms with E-state index in [9.17, 15) is 14.7 Å². The number of hydrazone groups is 1. The number of carbonyl (C=O) groups excluding carboxylic acids is 1. The number of para-hydroxylation sites is 1. The standard InChI is InChI=1S/C25H28N4O5/c1-16(27-28-25(26)32)19(15-29-11-13-33-14-12-29)21(17-7-3-2-4-8-17)22-23(30)18-9-5-6-10-20(18)34-24(22)31/h2-10,19,21,30H,11-15H2,1H3,(H3,26,28,32)/b27-16+/t19-,21-/m1/s1. The van der Waals surface area contributed by atoms with Gasteiger partial charge in [0.15, 0.2) is 0 Å². The number of amides is 2. The van der Waals surface area contributed by atoms with Crippen LogP contribution in [0.15, 0.2) is 68.9 Å². The third-order valence-corrected chi connectivity index (χ3v) is 6.13. The lowest BCUT2D eigenvalue weighted by molar-refractivity contribution is 0.0335. The molecule has 2 amide bonds. The molecule has 1 fully saturated rings. The molecule has 0 spiro atoms. The maximum absolute atomic E-state index is 13.3. The fourth-order valence-electron chi connectivity index (χ4n) is 4.45. The van der Waals surface area contributed by atoms with Crippen molar-refractivity contribution in [1.29, 1.82) is 0 Å². The molecular weight excluding hydrogens is 436 g/mol. The van der Waals surface area contributed by atoms with Crippen LogP contribution in [0.4, 0.5) is 4.79 Å². The number of fused-ring (bicyclic) bond motifs is 1. The number of urea groups is 1. The topological polar surface area (TPSA) is 130 Å². The summed E-state index contributed by atoms with van der Waals surface area (Å²) in [6.07, 6.45) is 0. The van der Waals surface area contributed by atoms with Crippen molar-refractivity contribution in [3.8, 4) is 5.75 Å². The number of carbonyl (C=O) groups is 1. The van der Waals surface area contributed by atoms with Crippen LogP contribution in [0.1, 0.15) is 24.0 Å². The van der Waals surface area contributed by atoms with Gasteiger partial charge in [-0.15, -0.1) is 0 Å². The fourth-order valence-corrected chi connectivity index (χ4v) is 4.45. The molecule has 2 heterocycles. The number of nitrogens with two attached hydrogens (primary N) is 1. The monoisotopic (exact) mass is 464 g/mol. The Balaban J connectivity index is 1.90. The van der Waals surface area contributed by atoms with Gasteiger partial charge in [0.05, 0.1) is 24.2 Å². The molecule has 0 saturated carbocycles. The lowest BCUT2D eigenvalue weighted by Crippen LogP contribution is -2.43. The van der Waals surface area contributed by atoms with Crippen LogP contribution in [0.3, 0.4) is 0 Å². The van der Waals surface area contributed by atoms with Gasteiger partial charge in [-0.3, -0.25) is 4.90 Å². The molecule has 1 aromatic heterocycles. The molecule has 0 unspecified atom stereocenters. The lowest BCUT2D eigenvalue weighted by atomic mass is 9.78. The summed E-state index contributed by atoms with van der Waals surface area (Å²) in [5.41, 5.74) is 8.76. The van der Waals surface area contributed by atoms with Gasteiger partial charge in [-0.1, -0.05) is 42.5 Å². The summed E-state index contributed by atoms with van der Waals surface area (Å²) in [6.45, 7) is 4.92. The highest BCUT2D eigenvalue weighted by molar-refractivity contribution is 5.89. The Morgan fingerprint density at radius 2 is 1.82 bits per heavy atom. The minimum absolute atomic E-state index is 0.122. The van der Waals surface area contributed by atoms with E-state index in [4.69, 9.17) is 14.9 Å². The van der Waals surface area contributed by atoms with Crippen LogP contribution < -0.4 is 16.8 Å². The first-order valence-electron chi connectivity index (χ1n) is 11.1. The van der Waals surface area contributed by atoms with Crippen molar-refractivity contribution in [2.45, 2.75) is 12.8 Å². The largest absolute Gasteiger partial charge is 0.507 e. The van der Waals surface area contributed by atoms with Crippen LogP contribution in [0, 0.1) is 5.92 Å². The van der Waals surface area contributed by atoms with Crippen LogP contribution in [0.25, 0.3) is 11.0 Å². The zero-order valence-corrected chi connectivity index (χ0v) is 18.9. The molecule has 9 heteroatoms. The molecule has 2 atom stereocenters. The third kappa shape index (κ3) is 5.11. The van der Waals surface area contributed by atoms with E-state index in [0.29, 0.717) is 49.5 Å². The second-order valence-electron chi connectivity index (χ2n) is 8.29. The van der Waals surface area contributed by atoms with Crippen LogP contribution in [-0.2, 0) is 4.74 Å². The van der Waals surface area contributed by atoms with Crippen molar-refractivity contribution < 1.29 is 19.1 Å². The van der Waals surface area contributed by atoms with Crippen molar-refractivity contribution in [3.05, 3.63) is 76.1 Å². The highest BCUT2D eigenvalue weighted by atomic mass is 16.5. The van der Waals surface area contributed by atoms with E-state index in [1.165, 1.54) is 0 Å². The number of ether oxygens (including phenoxy) is 1. The van der Waals surface area contributed by atoms with Gasteiger partial charge in [0, 0.05) is 37.2 Å². The number of primary amides is 1. The first kappa shape index (κ1) is 23.5. The smallest absolute Gasteiger partial charge is 0.343 e. The number of hydrogen-bond donors (Lipinski definition) is 3. The molecule has 34 heavy (non-hydrogen) atoms. The predicted molar refractivity (Wildman–Crippen MR) is 129 cm³/mol. The van der Waals surface area contributed by atoms with E-state index < -0.39 is 17.6 Å².